The third-order valence-corrected chi connectivity index (χ3v) is 7.18. The van der Waals surface area contributed by atoms with Gasteiger partial charge in [0.2, 0.25) is 15.9 Å². The van der Waals surface area contributed by atoms with Crippen molar-refractivity contribution in [1.29, 1.82) is 0 Å². The molecule has 0 radical (unpaired) electrons. The second kappa shape index (κ2) is 9.95. The molecule has 3 heterocycles. The molecule has 2 aliphatic rings. The van der Waals surface area contributed by atoms with Crippen LogP contribution in [-0.2, 0) is 4.79 Å². The van der Waals surface area contributed by atoms with Crippen molar-refractivity contribution in [3.05, 3.63) is 39.3 Å². The predicted molar refractivity (Wildman–Crippen MR) is 123 cm³/mol. The quantitative estimate of drug-likeness (QED) is 0.729. The molecule has 0 aliphatic carbocycles. The maximum Gasteiger partial charge on any atom is 0.286 e. The molecule has 3 amide bonds. The zero-order valence-corrected chi connectivity index (χ0v) is 19.5. The lowest BCUT2D eigenvalue weighted by Gasteiger charge is -2.37. The number of hydrogen-bond donors (Lipinski definition) is 1. The van der Waals surface area contributed by atoms with Gasteiger partial charge in [-0.25, -0.2) is 0 Å². The van der Waals surface area contributed by atoms with Gasteiger partial charge < -0.3 is 15.1 Å². The largest absolute Gasteiger partial charge is 0.342 e. The molecule has 0 bridgehead atoms. The minimum Gasteiger partial charge on any atom is -0.342 e. The summed E-state index contributed by atoms with van der Waals surface area (Å²) in [7, 11) is 0. The number of anilines is 1. The molecule has 170 valence electrons. The second-order valence-electron chi connectivity index (χ2n) is 8.47. The van der Waals surface area contributed by atoms with Gasteiger partial charge in [-0.1, -0.05) is 35.9 Å². The van der Waals surface area contributed by atoms with Gasteiger partial charge in [-0.15, -0.1) is 10.2 Å². The minimum atomic E-state index is -0.449. The van der Waals surface area contributed by atoms with Crippen molar-refractivity contribution in [2.45, 2.75) is 32.6 Å². The van der Waals surface area contributed by atoms with E-state index in [0.717, 1.165) is 50.1 Å². The molecule has 2 fully saturated rings. The Kier molecular flexibility index (Phi) is 7.05. The average Bonchev–Trinajstić information content (AvgIpc) is 3.29. The summed E-state index contributed by atoms with van der Waals surface area (Å²) in [5.41, 5.74) is 0.537. The van der Waals surface area contributed by atoms with E-state index >= 15 is 0 Å². The lowest BCUT2D eigenvalue weighted by atomic mass is 9.93. The van der Waals surface area contributed by atoms with E-state index < -0.39 is 5.91 Å². The maximum absolute atomic E-state index is 13.0. The van der Waals surface area contributed by atoms with Gasteiger partial charge >= 0.3 is 0 Å². The van der Waals surface area contributed by atoms with Gasteiger partial charge in [0, 0.05) is 36.9 Å². The van der Waals surface area contributed by atoms with E-state index in [0.29, 0.717) is 29.7 Å². The molecule has 1 N–H and O–H groups in total. The van der Waals surface area contributed by atoms with Gasteiger partial charge in [0.05, 0.1) is 5.92 Å². The number of nitrogens with zero attached hydrogens (tertiary/aromatic N) is 4. The fourth-order valence-corrected chi connectivity index (χ4v) is 5.03. The van der Waals surface area contributed by atoms with Crippen LogP contribution in [0.15, 0.2) is 24.3 Å². The molecule has 32 heavy (non-hydrogen) atoms. The number of piperidine rings is 2. The highest BCUT2D eigenvalue weighted by Crippen LogP contribution is 2.25. The zero-order chi connectivity index (χ0) is 22.7. The highest BCUT2D eigenvalue weighted by molar-refractivity contribution is 7.15. The first-order valence-corrected chi connectivity index (χ1v) is 12.1. The molecule has 0 unspecified atom stereocenters. The topological polar surface area (TPSA) is 95.5 Å². The third-order valence-electron chi connectivity index (χ3n) is 6.04. The van der Waals surface area contributed by atoms with E-state index in [2.05, 4.69) is 22.4 Å². The van der Waals surface area contributed by atoms with E-state index in [1.54, 1.807) is 29.2 Å². The molecule has 4 rings (SSSR count). The normalized spacial score (nSPS) is 19.6. The molecule has 1 aromatic heterocycles. The molecule has 2 saturated heterocycles. The summed E-state index contributed by atoms with van der Waals surface area (Å²) in [6.07, 6.45) is 3.63. The van der Waals surface area contributed by atoms with Crippen LogP contribution >= 0.6 is 22.9 Å². The molecule has 8 nitrogen and oxygen atoms in total. The second-order valence-corrected chi connectivity index (χ2v) is 9.89. The van der Waals surface area contributed by atoms with Crippen molar-refractivity contribution in [2.24, 2.45) is 11.8 Å². The highest BCUT2D eigenvalue weighted by atomic mass is 35.5. The van der Waals surface area contributed by atoms with Crippen molar-refractivity contribution in [2.75, 3.05) is 31.5 Å². The van der Waals surface area contributed by atoms with Gasteiger partial charge in [-0.05, 0) is 49.8 Å². The van der Waals surface area contributed by atoms with E-state index in [9.17, 15) is 14.4 Å². The van der Waals surface area contributed by atoms with Crippen molar-refractivity contribution < 1.29 is 14.4 Å². The SMILES string of the molecule is CC1CCN(C(=O)[C@@H]2CCCN(C(=O)c3nnc(C(=O)Nc4cccc(Cl)c4)s3)C2)CC1. The summed E-state index contributed by atoms with van der Waals surface area (Å²) in [5, 5.41) is 11.3. The predicted octanol–water partition coefficient (Wildman–Crippen LogP) is 3.55. The van der Waals surface area contributed by atoms with Gasteiger partial charge in [0.25, 0.3) is 11.8 Å². The van der Waals surface area contributed by atoms with Gasteiger partial charge in [0.15, 0.2) is 0 Å². The molecular formula is C22H26ClN5O3S. The fraction of sp³-hybridized carbons (Fsp3) is 0.500. The Hall–Kier alpha value is -2.52. The molecule has 1 aromatic carbocycles. The summed E-state index contributed by atoms with van der Waals surface area (Å²) in [6.45, 7) is 4.77. The van der Waals surface area contributed by atoms with Gasteiger partial charge in [-0.3, -0.25) is 14.4 Å². The molecule has 2 aromatic rings. The maximum atomic E-state index is 13.0. The Labute approximate surface area is 195 Å². The Morgan fingerprint density at radius 1 is 1.06 bits per heavy atom. The molecular weight excluding hydrogens is 450 g/mol. The number of rotatable bonds is 4. The zero-order valence-electron chi connectivity index (χ0n) is 17.9. The van der Waals surface area contributed by atoms with Crippen LogP contribution in [-0.4, -0.2) is 63.9 Å². The Morgan fingerprint density at radius 2 is 1.81 bits per heavy atom. The number of likely N-dealkylation sites (tertiary alicyclic amines) is 2. The average molecular weight is 476 g/mol. The first-order chi connectivity index (χ1) is 15.4. The number of halogens is 1. The highest BCUT2D eigenvalue weighted by Gasteiger charge is 2.33. The van der Waals surface area contributed by atoms with Crippen LogP contribution in [0.5, 0.6) is 0 Å². The van der Waals surface area contributed by atoms with Crippen LogP contribution in [0.25, 0.3) is 0 Å². The molecule has 0 saturated carbocycles. The number of hydrogen-bond acceptors (Lipinski definition) is 6. The summed E-state index contributed by atoms with van der Waals surface area (Å²) in [6, 6.07) is 6.78. The summed E-state index contributed by atoms with van der Waals surface area (Å²) in [4.78, 5) is 42.0. The van der Waals surface area contributed by atoms with Crippen LogP contribution in [0.1, 0.15) is 52.2 Å². The fourth-order valence-electron chi connectivity index (χ4n) is 4.14. The van der Waals surface area contributed by atoms with Crippen LogP contribution < -0.4 is 5.32 Å². The summed E-state index contributed by atoms with van der Waals surface area (Å²) < 4.78 is 0. The molecule has 0 spiro atoms. The number of carbonyl (C=O) groups excluding carboxylic acids is 3. The monoisotopic (exact) mass is 475 g/mol. The van der Waals surface area contributed by atoms with Crippen molar-refractivity contribution in [3.8, 4) is 0 Å². The molecule has 1 atom stereocenters. The van der Waals surface area contributed by atoms with Crippen LogP contribution in [0, 0.1) is 11.8 Å². The third kappa shape index (κ3) is 5.27. The van der Waals surface area contributed by atoms with Gasteiger partial charge in [0.1, 0.15) is 0 Å². The lowest BCUT2D eigenvalue weighted by molar-refractivity contribution is -0.138. The van der Waals surface area contributed by atoms with Crippen molar-refractivity contribution in [1.82, 2.24) is 20.0 Å². The van der Waals surface area contributed by atoms with E-state index in [4.69, 9.17) is 11.6 Å². The summed E-state index contributed by atoms with van der Waals surface area (Å²) in [5.74, 6) is -0.108. The lowest BCUT2D eigenvalue weighted by Crippen LogP contribution is -2.48. The first kappa shape index (κ1) is 22.7. The smallest absolute Gasteiger partial charge is 0.286 e. The number of aromatic nitrogens is 2. The number of nitrogens with one attached hydrogen (secondary N) is 1. The van der Waals surface area contributed by atoms with Crippen molar-refractivity contribution >= 4 is 46.3 Å². The van der Waals surface area contributed by atoms with E-state index in [-0.39, 0.29) is 27.7 Å². The van der Waals surface area contributed by atoms with Crippen LogP contribution in [0.2, 0.25) is 5.02 Å². The van der Waals surface area contributed by atoms with Gasteiger partial charge in [-0.2, -0.15) is 0 Å². The van der Waals surface area contributed by atoms with Crippen molar-refractivity contribution in [3.63, 3.8) is 0 Å². The van der Waals surface area contributed by atoms with Crippen LogP contribution in [0.4, 0.5) is 5.69 Å². The number of carbonyl (C=O) groups is 3. The van der Waals surface area contributed by atoms with E-state index in [1.807, 2.05) is 4.90 Å². The standard InChI is InChI=1S/C22H26ClN5O3S/c1-14-7-10-27(11-8-14)21(30)15-4-3-9-28(13-15)22(31)20-26-25-19(32-20)18(29)24-17-6-2-5-16(23)12-17/h2,5-6,12,14-15H,3-4,7-11,13H2,1H3,(H,24,29)/t15-/m1/s1. The summed E-state index contributed by atoms with van der Waals surface area (Å²) >= 11 is 6.89. The number of amides is 3. The molecule has 2 aliphatic heterocycles. The molecule has 10 heteroatoms. The first-order valence-electron chi connectivity index (χ1n) is 10.9. The Morgan fingerprint density at radius 3 is 2.56 bits per heavy atom. The minimum absolute atomic E-state index is 0.0976. The van der Waals surface area contributed by atoms with Crippen LogP contribution in [0.3, 0.4) is 0 Å². The Bertz CT molecular complexity index is 1000. The number of benzene rings is 1. The van der Waals surface area contributed by atoms with E-state index in [1.165, 1.54) is 0 Å². The Balaban J connectivity index is 1.37.